The SMILES string of the molecule is O=C(c1cc(Cl)ccc1NS(=O)(=O)c1ccc(Oc2ccccc2Cl)cc1)N1CCn2c(nnc2C(F)(F)F)C1. The predicted octanol–water partition coefficient (Wildman–Crippen LogP) is 5.85. The van der Waals surface area contributed by atoms with E-state index < -0.39 is 27.9 Å². The summed E-state index contributed by atoms with van der Waals surface area (Å²) in [5, 5.41) is 7.32. The number of nitrogens with zero attached hydrogens (tertiary/aromatic N) is 4. The Morgan fingerprint density at radius 1 is 0.975 bits per heavy atom. The van der Waals surface area contributed by atoms with Crippen molar-refractivity contribution >= 4 is 44.8 Å². The van der Waals surface area contributed by atoms with Gasteiger partial charge in [-0.2, -0.15) is 13.2 Å². The highest BCUT2D eigenvalue weighted by molar-refractivity contribution is 7.92. The van der Waals surface area contributed by atoms with Gasteiger partial charge < -0.3 is 14.2 Å². The van der Waals surface area contributed by atoms with Crippen molar-refractivity contribution in [3.63, 3.8) is 0 Å². The van der Waals surface area contributed by atoms with Gasteiger partial charge >= 0.3 is 6.18 Å². The number of ether oxygens (including phenoxy) is 1. The van der Waals surface area contributed by atoms with Crippen molar-refractivity contribution in [2.45, 2.75) is 24.2 Å². The number of aromatic nitrogens is 3. The number of hydrogen-bond donors (Lipinski definition) is 1. The number of carbonyl (C=O) groups excluding carboxylic acids is 1. The van der Waals surface area contributed by atoms with Crippen LogP contribution in [0.25, 0.3) is 0 Å². The molecular weight excluding hydrogens is 594 g/mol. The van der Waals surface area contributed by atoms with E-state index in [9.17, 15) is 26.4 Å². The van der Waals surface area contributed by atoms with E-state index in [0.717, 1.165) is 4.57 Å². The molecule has 3 aromatic carbocycles. The number of fused-ring (bicyclic) bond motifs is 1. The monoisotopic (exact) mass is 611 g/mol. The summed E-state index contributed by atoms with van der Waals surface area (Å²) >= 11 is 12.2. The number of amides is 1. The third-order valence-electron chi connectivity index (χ3n) is 5.95. The first-order valence-electron chi connectivity index (χ1n) is 11.6. The average Bonchev–Trinajstić information content (AvgIpc) is 3.35. The Morgan fingerprint density at radius 2 is 1.70 bits per heavy atom. The number of alkyl halides is 3. The van der Waals surface area contributed by atoms with E-state index in [1.54, 1.807) is 24.3 Å². The molecule has 0 unspecified atom stereocenters. The topological polar surface area (TPSA) is 106 Å². The van der Waals surface area contributed by atoms with Crippen molar-refractivity contribution in [3.05, 3.63) is 94.0 Å². The van der Waals surface area contributed by atoms with Crippen LogP contribution >= 0.6 is 23.2 Å². The van der Waals surface area contributed by atoms with E-state index in [0.29, 0.717) is 16.5 Å². The van der Waals surface area contributed by atoms with E-state index in [1.165, 1.54) is 47.4 Å². The van der Waals surface area contributed by atoms with Crippen LogP contribution in [0.1, 0.15) is 22.0 Å². The second-order valence-electron chi connectivity index (χ2n) is 8.62. The average molecular weight is 612 g/mol. The lowest BCUT2D eigenvalue weighted by Crippen LogP contribution is -2.39. The van der Waals surface area contributed by atoms with Gasteiger partial charge in [0.25, 0.3) is 15.9 Å². The minimum Gasteiger partial charge on any atom is -0.456 e. The molecule has 15 heteroatoms. The number of anilines is 1. The molecule has 5 rings (SSSR count). The normalized spacial score (nSPS) is 13.6. The predicted molar refractivity (Wildman–Crippen MR) is 140 cm³/mol. The first kappa shape index (κ1) is 27.7. The van der Waals surface area contributed by atoms with E-state index in [-0.39, 0.29) is 46.6 Å². The van der Waals surface area contributed by atoms with Gasteiger partial charge in [-0.05, 0) is 54.6 Å². The molecule has 1 aromatic heterocycles. The van der Waals surface area contributed by atoms with Crippen LogP contribution in [0.3, 0.4) is 0 Å². The Kier molecular flexibility index (Phi) is 7.38. The maximum absolute atomic E-state index is 13.4. The van der Waals surface area contributed by atoms with Crippen LogP contribution in [0.15, 0.2) is 71.6 Å². The molecule has 40 heavy (non-hydrogen) atoms. The summed E-state index contributed by atoms with van der Waals surface area (Å²) in [5.41, 5.74) is -0.146. The van der Waals surface area contributed by atoms with Crippen molar-refractivity contribution in [2.75, 3.05) is 11.3 Å². The highest BCUT2D eigenvalue weighted by atomic mass is 35.5. The molecule has 1 aliphatic rings. The summed E-state index contributed by atoms with van der Waals surface area (Å²) in [5.74, 6) is -1.09. The van der Waals surface area contributed by atoms with Gasteiger partial charge in [0.1, 0.15) is 11.5 Å². The van der Waals surface area contributed by atoms with Gasteiger partial charge in [0.15, 0.2) is 5.82 Å². The maximum atomic E-state index is 13.4. The highest BCUT2D eigenvalue weighted by Crippen LogP contribution is 2.32. The van der Waals surface area contributed by atoms with Gasteiger partial charge in [-0.15, -0.1) is 10.2 Å². The summed E-state index contributed by atoms with van der Waals surface area (Å²) in [4.78, 5) is 14.5. The molecule has 0 fully saturated rings. The fourth-order valence-electron chi connectivity index (χ4n) is 4.04. The Hall–Kier alpha value is -3.81. The van der Waals surface area contributed by atoms with Gasteiger partial charge in [-0.1, -0.05) is 35.3 Å². The van der Waals surface area contributed by atoms with Crippen LogP contribution in [0.5, 0.6) is 11.5 Å². The Bertz CT molecular complexity index is 1700. The molecular formula is C25H18Cl2F3N5O4S. The molecule has 0 spiro atoms. The number of sulfonamides is 1. The molecule has 0 saturated heterocycles. The lowest BCUT2D eigenvalue weighted by molar-refractivity contribution is -0.147. The first-order chi connectivity index (χ1) is 18.9. The van der Waals surface area contributed by atoms with E-state index in [1.807, 2.05) is 0 Å². The molecule has 9 nitrogen and oxygen atoms in total. The molecule has 0 radical (unpaired) electrons. The number of rotatable bonds is 6. The molecule has 1 amide bonds. The number of para-hydroxylation sites is 1. The van der Waals surface area contributed by atoms with Crippen molar-refractivity contribution in [1.82, 2.24) is 19.7 Å². The zero-order valence-electron chi connectivity index (χ0n) is 20.2. The molecule has 0 aliphatic carbocycles. The largest absolute Gasteiger partial charge is 0.456 e. The third kappa shape index (κ3) is 5.71. The molecule has 0 bridgehead atoms. The van der Waals surface area contributed by atoms with Gasteiger partial charge in [-0.3, -0.25) is 9.52 Å². The fourth-order valence-corrected chi connectivity index (χ4v) is 5.46. The fraction of sp³-hybridized carbons (Fsp3) is 0.160. The Balaban J connectivity index is 1.36. The smallest absolute Gasteiger partial charge is 0.451 e. The first-order valence-corrected chi connectivity index (χ1v) is 13.8. The van der Waals surface area contributed by atoms with Gasteiger partial charge in [-0.25, -0.2) is 8.42 Å². The van der Waals surface area contributed by atoms with Gasteiger partial charge in [0.2, 0.25) is 5.82 Å². The summed E-state index contributed by atoms with van der Waals surface area (Å²) in [6, 6.07) is 16.3. The second-order valence-corrected chi connectivity index (χ2v) is 11.1. The van der Waals surface area contributed by atoms with Gasteiger partial charge in [0.05, 0.1) is 27.7 Å². The molecule has 1 aliphatic heterocycles. The standard InChI is InChI=1S/C25H18Cl2F3N5O4S/c26-15-5-10-20(18(13-15)23(36)34-11-12-35-22(14-34)31-32-24(35)25(28,29)30)33-40(37,38)17-8-6-16(7-9-17)39-21-4-2-1-3-19(21)27/h1-10,13,33H,11-12,14H2. The number of benzene rings is 3. The number of hydrogen-bond acceptors (Lipinski definition) is 6. The van der Waals surface area contributed by atoms with Crippen molar-refractivity contribution in [2.24, 2.45) is 0 Å². The Labute approximate surface area is 236 Å². The zero-order valence-corrected chi connectivity index (χ0v) is 22.5. The van der Waals surface area contributed by atoms with Crippen molar-refractivity contribution in [1.29, 1.82) is 0 Å². The Morgan fingerprint density at radius 3 is 2.40 bits per heavy atom. The quantitative estimate of drug-likeness (QED) is 0.293. The summed E-state index contributed by atoms with van der Waals surface area (Å²) in [6.07, 6.45) is -4.69. The molecule has 0 atom stereocenters. The lowest BCUT2D eigenvalue weighted by Gasteiger charge is -2.28. The lowest BCUT2D eigenvalue weighted by atomic mass is 10.1. The molecule has 1 N–H and O–H groups in total. The van der Waals surface area contributed by atoms with E-state index in [4.69, 9.17) is 27.9 Å². The summed E-state index contributed by atoms with van der Waals surface area (Å²) in [6.45, 7) is -0.529. The van der Waals surface area contributed by atoms with Crippen LogP contribution in [0.2, 0.25) is 10.0 Å². The summed E-state index contributed by atoms with van der Waals surface area (Å²) in [7, 11) is -4.17. The molecule has 208 valence electrons. The zero-order chi connectivity index (χ0) is 28.7. The van der Waals surface area contributed by atoms with Crippen LogP contribution in [-0.4, -0.2) is 40.5 Å². The highest BCUT2D eigenvalue weighted by Gasteiger charge is 2.40. The van der Waals surface area contributed by atoms with Crippen LogP contribution in [0, 0.1) is 0 Å². The van der Waals surface area contributed by atoms with E-state index in [2.05, 4.69) is 14.9 Å². The molecule has 0 saturated carbocycles. The molecule has 4 aromatic rings. The number of carbonyl (C=O) groups is 1. The van der Waals surface area contributed by atoms with Crippen LogP contribution in [0.4, 0.5) is 18.9 Å². The minimum atomic E-state index is -4.69. The van der Waals surface area contributed by atoms with Gasteiger partial charge in [0, 0.05) is 18.1 Å². The second kappa shape index (κ2) is 10.6. The van der Waals surface area contributed by atoms with Crippen molar-refractivity contribution in [3.8, 4) is 11.5 Å². The van der Waals surface area contributed by atoms with Crippen molar-refractivity contribution < 1.29 is 31.1 Å². The minimum absolute atomic E-state index is 0.0461. The summed E-state index contributed by atoms with van der Waals surface area (Å²) < 4.78 is 74.8. The van der Waals surface area contributed by atoms with Crippen LogP contribution in [-0.2, 0) is 29.3 Å². The van der Waals surface area contributed by atoms with Crippen LogP contribution < -0.4 is 9.46 Å². The molecule has 2 heterocycles. The third-order valence-corrected chi connectivity index (χ3v) is 7.88. The number of nitrogens with one attached hydrogen (secondary N) is 1. The van der Waals surface area contributed by atoms with E-state index >= 15 is 0 Å². The number of halogens is 5. The maximum Gasteiger partial charge on any atom is 0.451 e.